The maximum Gasteiger partial charge on any atom is 0.433 e. The van der Waals surface area contributed by atoms with Gasteiger partial charge in [-0.1, -0.05) is 12.1 Å². The minimum absolute atomic E-state index is 0.00583. The zero-order chi connectivity index (χ0) is 54.4. The molecule has 2 aliphatic heterocycles. The Hall–Kier alpha value is -7.14. The number of carbonyl (C=O) groups is 6. The Morgan fingerprint density at radius 3 is 1.32 bits per heavy atom. The van der Waals surface area contributed by atoms with E-state index in [1.54, 1.807) is 41.5 Å². The number of esters is 1. The minimum atomic E-state index is -4.65. The van der Waals surface area contributed by atoms with Crippen LogP contribution in [0.15, 0.2) is 61.2 Å². The second-order valence-electron chi connectivity index (χ2n) is 19.0. The first-order chi connectivity index (χ1) is 33.8. The molecule has 73 heavy (non-hydrogen) atoms. The number of rotatable bonds is 12. The first-order valence-corrected chi connectivity index (χ1v) is 22.5. The van der Waals surface area contributed by atoms with Crippen LogP contribution in [0, 0.1) is 0 Å². The van der Waals surface area contributed by atoms with Gasteiger partial charge in [0.2, 0.25) is 0 Å². The van der Waals surface area contributed by atoms with Crippen LogP contribution in [-0.2, 0) is 49.0 Å². The SMILES string of the molecule is CC(C)(C)OC(=O)N1C[C@H](F)C[C@H]1C(=O)CCc1cc(-c2ccc(C(F)(F)F)nc2)c(C(=O)O)cn1.COC(=O)c1cnc(CCC(=O)[C@@H]2C[C@@H](F)CN2C(=O)OC(C)(C)C)cc1-c1ccc(C(F)(F)F)nc1. The predicted molar refractivity (Wildman–Crippen MR) is 242 cm³/mol. The molecule has 16 nitrogen and oxygen atoms in total. The van der Waals surface area contributed by atoms with E-state index < -0.39 is 89.3 Å². The summed E-state index contributed by atoms with van der Waals surface area (Å²) in [5.41, 5.74) is -2.79. The number of aromatic nitrogens is 4. The number of methoxy groups -OCH3 is 1. The Kier molecular flexibility index (Phi) is 17.7. The highest BCUT2D eigenvalue weighted by atomic mass is 19.4. The summed E-state index contributed by atoms with van der Waals surface area (Å²) in [6.07, 6.45) is -9.82. The number of pyridine rings is 4. The molecule has 394 valence electrons. The Labute approximate surface area is 413 Å². The van der Waals surface area contributed by atoms with Crippen molar-refractivity contribution in [3.63, 3.8) is 0 Å². The number of carboxylic acid groups (broad SMARTS) is 1. The van der Waals surface area contributed by atoms with Crippen molar-refractivity contribution in [2.24, 2.45) is 0 Å². The van der Waals surface area contributed by atoms with Crippen LogP contribution < -0.4 is 0 Å². The van der Waals surface area contributed by atoms with E-state index >= 15 is 0 Å². The van der Waals surface area contributed by atoms with Gasteiger partial charge in [-0.3, -0.25) is 39.3 Å². The van der Waals surface area contributed by atoms with Gasteiger partial charge in [0.1, 0.15) is 34.9 Å². The molecule has 2 amide bonds. The molecule has 2 aliphatic rings. The standard InChI is InChI=1S/C25H27F4N3O5.C24H25F4N3O5/c1-24(2,3)37-23(35)32-13-15(26)9-19(32)20(33)7-6-16-10-17(18(12-30-16)22(34)36-4)14-5-8-21(31-11-14)25(27,28)29;1-23(2,3)36-22(35)31-12-14(25)8-18(31)19(32)6-5-15-9-16(17(11-29-15)21(33)34)13-4-7-20(30-10-13)24(26,27)28/h5,8,10-12,15,19H,6-7,9,13H2,1-4H3;4,7,9-11,14,18H,5-6,8,12H2,1-3H3,(H,33,34)/t15-,19+;14-,18+/m11/s1. The number of alkyl halides is 8. The molecule has 0 saturated carbocycles. The van der Waals surface area contributed by atoms with Crippen LogP contribution in [0.5, 0.6) is 0 Å². The van der Waals surface area contributed by atoms with E-state index in [2.05, 4.69) is 19.9 Å². The highest BCUT2D eigenvalue weighted by Gasteiger charge is 2.43. The van der Waals surface area contributed by atoms with Crippen molar-refractivity contribution in [1.82, 2.24) is 29.7 Å². The molecule has 1 N–H and O–H groups in total. The Morgan fingerprint density at radius 1 is 0.603 bits per heavy atom. The molecule has 0 spiro atoms. The fraction of sp³-hybridized carbons (Fsp3) is 0.469. The molecule has 2 fully saturated rings. The Balaban J connectivity index is 0.000000271. The molecule has 4 aromatic heterocycles. The zero-order valence-corrected chi connectivity index (χ0v) is 40.6. The second-order valence-corrected chi connectivity index (χ2v) is 19.0. The molecule has 2 saturated heterocycles. The van der Waals surface area contributed by atoms with E-state index in [0.717, 1.165) is 53.7 Å². The fourth-order valence-electron chi connectivity index (χ4n) is 7.69. The van der Waals surface area contributed by atoms with E-state index in [1.165, 1.54) is 24.4 Å². The largest absolute Gasteiger partial charge is 0.478 e. The average Bonchev–Trinajstić information content (AvgIpc) is 3.91. The first-order valence-electron chi connectivity index (χ1n) is 22.5. The van der Waals surface area contributed by atoms with Gasteiger partial charge in [0.05, 0.1) is 43.4 Å². The molecule has 6 heterocycles. The third-order valence-corrected chi connectivity index (χ3v) is 11.0. The number of ether oxygens (including phenoxy) is 3. The van der Waals surface area contributed by atoms with Gasteiger partial charge in [0, 0.05) is 84.1 Å². The van der Waals surface area contributed by atoms with Gasteiger partial charge in [-0.05, 0) is 78.6 Å². The molecule has 0 bridgehead atoms. The lowest BCUT2D eigenvalue weighted by molar-refractivity contribution is -0.141. The molecule has 24 heteroatoms. The summed E-state index contributed by atoms with van der Waals surface area (Å²) in [5, 5.41) is 9.47. The van der Waals surface area contributed by atoms with E-state index in [9.17, 15) is 69.0 Å². The van der Waals surface area contributed by atoms with Crippen LogP contribution in [0.2, 0.25) is 0 Å². The third-order valence-electron chi connectivity index (χ3n) is 11.0. The summed E-state index contributed by atoms with van der Waals surface area (Å²) in [6, 6.07) is 4.63. The van der Waals surface area contributed by atoms with Crippen molar-refractivity contribution < 1.29 is 83.2 Å². The highest BCUT2D eigenvalue weighted by molar-refractivity contribution is 5.97. The van der Waals surface area contributed by atoms with Gasteiger partial charge in [0.15, 0.2) is 11.6 Å². The highest BCUT2D eigenvalue weighted by Crippen LogP contribution is 2.33. The number of carbonyl (C=O) groups excluding carboxylic acids is 5. The third kappa shape index (κ3) is 15.4. The molecular weight excluding hydrogens is 985 g/mol. The monoisotopic (exact) mass is 1040 g/mol. The molecule has 0 unspecified atom stereocenters. The number of amides is 2. The van der Waals surface area contributed by atoms with Crippen molar-refractivity contribution in [3.8, 4) is 22.3 Å². The van der Waals surface area contributed by atoms with Crippen molar-refractivity contribution in [3.05, 3.63) is 95.1 Å². The van der Waals surface area contributed by atoms with Gasteiger partial charge >= 0.3 is 36.5 Å². The van der Waals surface area contributed by atoms with Crippen LogP contribution >= 0.6 is 0 Å². The van der Waals surface area contributed by atoms with Crippen LogP contribution in [0.25, 0.3) is 22.3 Å². The second kappa shape index (κ2) is 22.7. The fourth-order valence-corrected chi connectivity index (χ4v) is 7.69. The maximum absolute atomic E-state index is 14.1. The number of hydrogen-bond donors (Lipinski definition) is 1. The number of aromatic carboxylic acids is 1. The predicted octanol–water partition coefficient (Wildman–Crippen LogP) is 9.51. The number of hydrogen-bond acceptors (Lipinski definition) is 13. The van der Waals surface area contributed by atoms with Crippen LogP contribution in [-0.4, -0.2) is 126 Å². The van der Waals surface area contributed by atoms with Gasteiger partial charge in [-0.2, -0.15) is 26.3 Å². The molecular formula is C49H52F8N6O10. The van der Waals surface area contributed by atoms with Crippen LogP contribution in [0.1, 0.15) is 111 Å². The van der Waals surface area contributed by atoms with E-state index in [0.29, 0.717) is 11.4 Å². The summed E-state index contributed by atoms with van der Waals surface area (Å²) in [4.78, 5) is 91.7. The van der Waals surface area contributed by atoms with E-state index in [-0.39, 0.29) is 90.8 Å². The van der Waals surface area contributed by atoms with Crippen LogP contribution in [0.3, 0.4) is 0 Å². The number of ketones is 2. The van der Waals surface area contributed by atoms with Gasteiger partial charge < -0.3 is 19.3 Å². The van der Waals surface area contributed by atoms with Gasteiger partial charge in [-0.15, -0.1) is 0 Å². The lowest BCUT2D eigenvalue weighted by atomic mass is 9.99. The summed E-state index contributed by atoms with van der Waals surface area (Å²) in [7, 11) is 1.15. The number of aryl methyl sites for hydroxylation is 2. The molecule has 4 aromatic rings. The van der Waals surface area contributed by atoms with Gasteiger partial charge in [0.25, 0.3) is 0 Å². The van der Waals surface area contributed by atoms with Crippen LogP contribution in [0.4, 0.5) is 44.7 Å². The number of halogens is 8. The molecule has 0 aliphatic carbocycles. The van der Waals surface area contributed by atoms with Crippen molar-refractivity contribution in [2.45, 2.75) is 128 Å². The molecule has 4 atom stereocenters. The van der Waals surface area contributed by atoms with Crippen molar-refractivity contribution in [2.75, 3.05) is 20.2 Å². The normalized spacial score (nSPS) is 18.1. The van der Waals surface area contributed by atoms with Gasteiger partial charge in [-0.25, -0.2) is 28.0 Å². The summed E-state index contributed by atoms with van der Waals surface area (Å²) in [5.74, 6) is -2.89. The lowest BCUT2D eigenvalue weighted by Gasteiger charge is -2.27. The van der Waals surface area contributed by atoms with E-state index in [1.807, 2.05) is 0 Å². The maximum atomic E-state index is 14.1. The van der Waals surface area contributed by atoms with Crippen molar-refractivity contribution in [1.29, 1.82) is 0 Å². The number of nitrogens with zero attached hydrogens (tertiary/aromatic N) is 6. The van der Waals surface area contributed by atoms with E-state index in [4.69, 9.17) is 14.2 Å². The van der Waals surface area contributed by atoms with Crippen molar-refractivity contribution >= 4 is 35.7 Å². The lowest BCUT2D eigenvalue weighted by Crippen LogP contribution is -2.43. The number of carboxylic acids is 1. The minimum Gasteiger partial charge on any atom is -0.478 e. The zero-order valence-electron chi connectivity index (χ0n) is 40.6. The molecule has 0 aromatic carbocycles. The summed E-state index contributed by atoms with van der Waals surface area (Å²) in [6.45, 7) is 9.45. The summed E-state index contributed by atoms with van der Waals surface area (Å²) < 4.78 is 121. The first kappa shape index (κ1) is 56.8. The Morgan fingerprint density at radius 2 is 0.986 bits per heavy atom. The number of Topliss-reactive ketones (excluding diaryl/α,β-unsaturated/α-hetero) is 2. The smallest absolute Gasteiger partial charge is 0.433 e. The molecule has 6 rings (SSSR count). The quantitative estimate of drug-likeness (QED) is 0.0797. The Bertz CT molecular complexity index is 2670. The summed E-state index contributed by atoms with van der Waals surface area (Å²) >= 11 is 0. The molecule has 0 radical (unpaired) electrons. The number of likely N-dealkylation sites (tertiary alicyclic amines) is 2. The average molecular weight is 1040 g/mol. The topological polar surface area (TPSA) is 208 Å².